The molecule has 1 aliphatic rings. The molecule has 1 saturated heterocycles. The maximum Gasteiger partial charge on any atom is 0.307 e. The van der Waals surface area contributed by atoms with Gasteiger partial charge in [0.15, 0.2) is 0 Å². The fourth-order valence-corrected chi connectivity index (χ4v) is 3.50. The summed E-state index contributed by atoms with van der Waals surface area (Å²) in [6.45, 7) is 2.08. The first-order chi connectivity index (χ1) is 13.0. The predicted octanol–water partition coefficient (Wildman–Crippen LogP) is 3.30. The quantitative estimate of drug-likeness (QED) is 0.819. The average Bonchev–Trinajstić information content (AvgIpc) is 2.63. The first-order valence-electron chi connectivity index (χ1n) is 9.08. The van der Waals surface area contributed by atoms with Crippen LogP contribution in [0.15, 0.2) is 48.5 Å². The van der Waals surface area contributed by atoms with Gasteiger partial charge in [0.05, 0.1) is 12.3 Å². The van der Waals surface area contributed by atoms with Gasteiger partial charge in [0.1, 0.15) is 5.82 Å². The number of benzene rings is 2. The number of carboxylic acids is 1. The lowest BCUT2D eigenvalue weighted by molar-refractivity contribution is -0.136. The molecular weight excluding hydrogens is 347 g/mol. The SMILES string of the molecule is O=C(O)Cc1ccccc1NC(=O)C1CCCN(Cc2cccc(F)c2)C1. The Morgan fingerprint density at radius 3 is 2.78 bits per heavy atom. The number of carboxylic acid groups (broad SMARTS) is 1. The fraction of sp³-hybridized carbons (Fsp3) is 0.333. The molecule has 1 amide bonds. The number of piperidine rings is 1. The summed E-state index contributed by atoms with van der Waals surface area (Å²) in [5.41, 5.74) is 2.03. The van der Waals surface area contributed by atoms with Crippen LogP contribution in [0.2, 0.25) is 0 Å². The highest BCUT2D eigenvalue weighted by Crippen LogP contribution is 2.22. The average molecular weight is 370 g/mol. The van der Waals surface area contributed by atoms with Gasteiger partial charge in [-0.25, -0.2) is 4.39 Å². The molecule has 1 aliphatic heterocycles. The van der Waals surface area contributed by atoms with E-state index in [4.69, 9.17) is 5.11 Å². The van der Waals surface area contributed by atoms with E-state index in [1.807, 2.05) is 6.07 Å². The normalized spacial score (nSPS) is 17.4. The van der Waals surface area contributed by atoms with Crippen LogP contribution in [-0.2, 0) is 22.6 Å². The van der Waals surface area contributed by atoms with Gasteiger partial charge in [-0.3, -0.25) is 14.5 Å². The van der Waals surface area contributed by atoms with Crippen LogP contribution in [-0.4, -0.2) is 35.0 Å². The Kier molecular flexibility index (Phi) is 6.19. The third kappa shape index (κ3) is 5.37. The van der Waals surface area contributed by atoms with E-state index in [0.29, 0.717) is 24.3 Å². The Hall–Kier alpha value is -2.73. The van der Waals surface area contributed by atoms with Crippen LogP contribution in [0.25, 0.3) is 0 Å². The van der Waals surface area contributed by atoms with E-state index in [1.165, 1.54) is 12.1 Å². The highest BCUT2D eigenvalue weighted by molar-refractivity contribution is 5.94. The zero-order chi connectivity index (χ0) is 19.2. The third-order valence-electron chi connectivity index (χ3n) is 4.79. The Balaban J connectivity index is 1.62. The van der Waals surface area contributed by atoms with Gasteiger partial charge in [-0.05, 0) is 48.7 Å². The number of halogens is 1. The molecule has 1 unspecified atom stereocenters. The van der Waals surface area contributed by atoms with Gasteiger partial charge >= 0.3 is 5.97 Å². The summed E-state index contributed by atoms with van der Waals surface area (Å²) in [4.78, 5) is 25.9. The van der Waals surface area contributed by atoms with Crippen LogP contribution in [0.3, 0.4) is 0 Å². The summed E-state index contributed by atoms with van der Waals surface area (Å²) < 4.78 is 13.4. The number of rotatable bonds is 6. The number of aliphatic carboxylic acids is 1. The molecule has 5 nitrogen and oxygen atoms in total. The highest BCUT2D eigenvalue weighted by atomic mass is 19.1. The second-order valence-electron chi connectivity index (χ2n) is 6.92. The monoisotopic (exact) mass is 370 g/mol. The molecule has 0 bridgehead atoms. The molecule has 142 valence electrons. The smallest absolute Gasteiger partial charge is 0.307 e. The van der Waals surface area contributed by atoms with Crippen molar-refractivity contribution in [2.24, 2.45) is 5.92 Å². The van der Waals surface area contributed by atoms with Crippen molar-refractivity contribution in [3.63, 3.8) is 0 Å². The number of para-hydroxylation sites is 1. The lowest BCUT2D eigenvalue weighted by atomic mass is 9.96. The number of hydrogen-bond donors (Lipinski definition) is 2. The van der Waals surface area contributed by atoms with Crippen molar-refractivity contribution in [2.75, 3.05) is 18.4 Å². The molecule has 0 radical (unpaired) electrons. The molecule has 1 fully saturated rings. The third-order valence-corrected chi connectivity index (χ3v) is 4.79. The summed E-state index contributed by atoms with van der Waals surface area (Å²) >= 11 is 0. The summed E-state index contributed by atoms with van der Waals surface area (Å²) in [5, 5.41) is 11.9. The lowest BCUT2D eigenvalue weighted by Gasteiger charge is -2.32. The molecule has 27 heavy (non-hydrogen) atoms. The number of carbonyl (C=O) groups is 2. The minimum Gasteiger partial charge on any atom is -0.481 e. The van der Waals surface area contributed by atoms with Gasteiger partial charge in [0, 0.05) is 18.8 Å². The van der Waals surface area contributed by atoms with E-state index in [9.17, 15) is 14.0 Å². The molecule has 0 aliphatic carbocycles. The first kappa shape index (κ1) is 19.0. The minimum absolute atomic E-state index is 0.100. The molecule has 0 aromatic heterocycles. The summed E-state index contributed by atoms with van der Waals surface area (Å²) in [6.07, 6.45) is 1.55. The van der Waals surface area contributed by atoms with Crippen LogP contribution in [0.4, 0.5) is 10.1 Å². The lowest BCUT2D eigenvalue weighted by Crippen LogP contribution is -2.40. The first-order valence-corrected chi connectivity index (χ1v) is 9.08. The summed E-state index contributed by atoms with van der Waals surface area (Å²) in [7, 11) is 0. The van der Waals surface area contributed by atoms with Crippen LogP contribution >= 0.6 is 0 Å². The Bertz CT molecular complexity index is 825. The number of hydrogen-bond acceptors (Lipinski definition) is 3. The Morgan fingerprint density at radius 1 is 1.19 bits per heavy atom. The number of carbonyl (C=O) groups excluding carboxylic acids is 1. The zero-order valence-electron chi connectivity index (χ0n) is 15.0. The van der Waals surface area contributed by atoms with Gasteiger partial charge in [0.25, 0.3) is 0 Å². The molecule has 0 spiro atoms. The molecule has 2 aromatic carbocycles. The second kappa shape index (κ2) is 8.77. The van der Waals surface area contributed by atoms with Gasteiger partial charge < -0.3 is 10.4 Å². The Labute approximate surface area is 157 Å². The number of nitrogens with one attached hydrogen (secondary N) is 1. The molecule has 0 saturated carbocycles. The molecule has 6 heteroatoms. The van der Waals surface area contributed by atoms with Crippen molar-refractivity contribution in [3.8, 4) is 0 Å². The van der Waals surface area contributed by atoms with Crippen molar-refractivity contribution in [2.45, 2.75) is 25.8 Å². The zero-order valence-corrected chi connectivity index (χ0v) is 15.0. The van der Waals surface area contributed by atoms with Gasteiger partial charge in [0.2, 0.25) is 5.91 Å². The number of nitrogens with zero attached hydrogens (tertiary/aromatic N) is 1. The van der Waals surface area contributed by atoms with Crippen LogP contribution in [0.5, 0.6) is 0 Å². The molecular formula is C21H23FN2O3. The van der Waals surface area contributed by atoms with Gasteiger partial charge in [-0.15, -0.1) is 0 Å². The van der Waals surface area contributed by atoms with E-state index >= 15 is 0 Å². The largest absolute Gasteiger partial charge is 0.481 e. The summed E-state index contributed by atoms with van der Waals surface area (Å²) in [5.74, 6) is -1.47. The van der Waals surface area contributed by atoms with E-state index < -0.39 is 5.97 Å². The standard InChI is InChI=1S/C21H23FN2O3/c22-18-8-3-5-15(11-18)13-24-10-4-7-17(14-24)21(27)23-19-9-2-1-6-16(19)12-20(25)26/h1-3,5-6,8-9,11,17H,4,7,10,12-14H2,(H,23,27)(H,25,26). The van der Waals surface area contributed by atoms with Crippen molar-refractivity contribution in [1.82, 2.24) is 4.90 Å². The minimum atomic E-state index is -0.935. The number of likely N-dealkylation sites (tertiary alicyclic amines) is 1. The predicted molar refractivity (Wildman–Crippen MR) is 101 cm³/mol. The van der Waals surface area contributed by atoms with Gasteiger partial charge in [-0.2, -0.15) is 0 Å². The molecule has 2 N–H and O–H groups in total. The van der Waals surface area contributed by atoms with Crippen LogP contribution in [0, 0.1) is 11.7 Å². The van der Waals surface area contributed by atoms with E-state index in [0.717, 1.165) is 24.9 Å². The number of anilines is 1. The maximum absolute atomic E-state index is 13.4. The number of amides is 1. The fourth-order valence-electron chi connectivity index (χ4n) is 3.50. The van der Waals surface area contributed by atoms with Crippen LogP contribution < -0.4 is 5.32 Å². The molecule has 3 rings (SSSR count). The van der Waals surface area contributed by atoms with E-state index in [-0.39, 0.29) is 24.1 Å². The maximum atomic E-state index is 13.4. The van der Waals surface area contributed by atoms with Crippen molar-refractivity contribution in [1.29, 1.82) is 0 Å². The highest BCUT2D eigenvalue weighted by Gasteiger charge is 2.26. The van der Waals surface area contributed by atoms with Crippen molar-refractivity contribution < 1.29 is 19.1 Å². The van der Waals surface area contributed by atoms with Gasteiger partial charge in [-0.1, -0.05) is 30.3 Å². The van der Waals surface area contributed by atoms with Crippen molar-refractivity contribution in [3.05, 3.63) is 65.5 Å². The molecule has 2 aromatic rings. The second-order valence-corrected chi connectivity index (χ2v) is 6.92. The Morgan fingerprint density at radius 2 is 2.00 bits per heavy atom. The van der Waals surface area contributed by atoms with E-state index in [1.54, 1.807) is 30.3 Å². The molecule has 1 heterocycles. The van der Waals surface area contributed by atoms with Crippen LogP contribution in [0.1, 0.15) is 24.0 Å². The topological polar surface area (TPSA) is 69.6 Å². The molecule has 1 atom stereocenters. The summed E-state index contributed by atoms with van der Waals surface area (Å²) in [6, 6.07) is 13.5. The van der Waals surface area contributed by atoms with E-state index in [2.05, 4.69) is 10.2 Å². The van der Waals surface area contributed by atoms with Crippen molar-refractivity contribution >= 4 is 17.6 Å².